The molecule has 4 aliphatic carbocycles. The van der Waals surface area contributed by atoms with E-state index in [-0.39, 0.29) is 109 Å². The van der Waals surface area contributed by atoms with Crippen LogP contribution in [0, 0.1) is 22.7 Å². The van der Waals surface area contributed by atoms with E-state index in [1.165, 1.54) is 0 Å². The second kappa shape index (κ2) is 33.0. The fourth-order valence-electron chi connectivity index (χ4n) is 8.75. The highest BCUT2D eigenvalue weighted by atomic mass is 16.6. The van der Waals surface area contributed by atoms with Gasteiger partial charge in [-0.05, 0) is 183 Å². The second-order valence-electron chi connectivity index (χ2n) is 22.8. The van der Waals surface area contributed by atoms with Gasteiger partial charge in [-0.25, -0.2) is 9.59 Å². The number of esters is 8. The molecule has 0 aliphatic heterocycles. The maximum absolute atomic E-state index is 11.8. The van der Waals surface area contributed by atoms with E-state index in [9.17, 15) is 38.4 Å². The van der Waals surface area contributed by atoms with Gasteiger partial charge in [-0.3, -0.25) is 28.8 Å². The molecule has 4 fully saturated rings. The van der Waals surface area contributed by atoms with Crippen LogP contribution in [0.4, 0.5) is 0 Å². The predicted octanol–water partition coefficient (Wildman–Crippen LogP) is 12.1. The molecule has 4 rings (SSSR count). The van der Waals surface area contributed by atoms with Gasteiger partial charge >= 0.3 is 47.8 Å². The first-order chi connectivity index (χ1) is 34.6. The lowest BCUT2D eigenvalue weighted by molar-refractivity contribution is -0.173. The molecule has 0 saturated heterocycles. The Balaban J connectivity index is 0.000000493. The van der Waals surface area contributed by atoms with Gasteiger partial charge in [0.1, 0.15) is 35.6 Å². The van der Waals surface area contributed by atoms with E-state index in [1.807, 2.05) is 90.0 Å². The highest BCUT2D eigenvalue weighted by molar-refractivity contribution is 5.80. The summed E-state index contributed by atoms with van der Waals surface area (Å²) in [6.45, 7) is 26.3. The molecule has 0 bridgehead atoms. The van der Waals surface area contributed by atoms with Gasteiger partial charge in [-0.1, -0.05) is 55.4 Å². The molecule has 0 aromatic rings. The van der Waals surface area contributed by atoms with Crippen LogP contribution in [-0.4, -0.2) is 96.6 Å². The van der Waals surface area contributed by atoms with E-state index in [0.29, 0.717) is 19.3 Å². The molecule has 0 N–H and O–H groups in total. The van der Waals surface area contributed by atoms with Gasteiger partial charge in [-0.2, -0.15) is 0 Å². The van der Waals surface area contributed by atoms with Gasteiger partial charge in [0, 0.05) is 0 Å². The third-order valence-electron chi connectivity index (χ3n) is 15.7. The summed E-state index contributed by atoms with van der Waals surface area (Å²) in [4.78, 5) is 93.1. The topological polar surface area (TPSA) is 210 Å². The number of ether oxygens (including phenoxy) is 8. The summed E-state index contributed by atoms with van der Waals surface area (Å²) in [7, 11) is 0. The van der Waals surface area contributed by atoms with Gasteiger partial charge < -0.3 is 37.9 Å². The van der Waals surface area contributed by atoms with E-state index < -0.39 is 22.8 Å². The quantitative estimate of drug-likeness (QED) is 0.0650. The first kappa shape index (κ1) is 67.8. The summed E-state index contributed by atoms with van der Waals surface area (Å²) in [5.41, 5.74) is -2.25. The highest BCUT2D eigenvalue weighted by Gasteiger charge is 2.38. The Morgan fingerprint density at radius 2 is 0.730 bits per heavy atom. The summed E-state index contributed by atoms with van der Waals surface area (Å²) < 4.78 is 42.1. The number of carbonyl (C=O) groups is 8. The molecule has 4 aliphatic rings. The molecule has 16 nitrogen and oxygen atoms in total. The average molecular weight is 1050 g/mol. The van der Waals surface area contributed by atoms with Crippen LogP contribution in [0.3, 0.4) is 0 Å². The van der Waals surface area contributed by atoms with Gasteiger partial charge in [0.25, 0.3) is 0 Å². The maximum Gasteiger partial charge on any atom is 0.344 e. The Bertz CT molecular complexity index is 1740. The minimum atomic E-state index is -0.546. The molecule has 0 radical (unpaired) electrons. The lowest BCUT2D eigenvalue weighted by Gasteiger charge is -2.28. The Morgan fingerprint density at radius 3 is 1.07 bits per heavy atom. The van der Waals surface area contributed by atoms with Crippen molar-refractivity contribution in [1.29, 1.82) is 0 Å². The molecule has 2 unspecified atom stereocenters. The zero-order valence-corrected chi connectivity index (χ0v) is 48.5. The van der Waals surface area contributed by atoms with Crippen molar-refractivity contribution >= 4 is 47.8 Å². The lowest BCUT2D eigenvalue weighted by Crippen LogP contribution is -2.34. The normalized spacial score (nSPS) is 18.7. The number of hydrogen-bond acceptors (Lipinski definition) is 16. The second-order valence-corrected chi connectivity index (χ2v) is 22.8. The Morgan fingerprint density at radius 1 is 0.419 bits per heavy atom. The molecule has 74 heavy (non-hydrogen) atoms. The summed E-state index contributed by atoms with van der Waals surface area (Å²) >= 11 is 0. The van der Waals surface area contributed by atoms with Gasteiger partial charge in [-0.15, -0.1) is 0 Å². The van der Waals surface area contributed by atoms with Crippen LogP contribution >= 0.6 is 0 Å². The molecule has 0 aromatic carbocycles. The van der Waals surface area contributed by atoms with Crippen LogP contribution < -0.4 is 0 Å². The van der Waals surface area contributed by atoms with Crippen molar-refractivity contribution in [2.45, 2.75) is 273 Å². The molecule has 2 atom stereocenters. The third kappa shape index (κ3) is 25.1. The van der Waals surface area contributed by atoms with Crippen molar-refractivity contribution in [1.82, 2.24) is 0 Å². The first-order valence-electron chi connectivity index (χ1n) is 28.2. The van der Waals surface area contributed by atoms with Crippen molar-refractivity contribution in [3.8, 4) is 0 Å². The molecular formula is C58H100O16. The monoisotopic (exact) mass is 1050 g/mol. The van der Waals surface area contributed by atoms with Crippen LogP contribution in [0.5, 0.6) is 0 Å². The highest BCUT2D eigenvalue weighted by Crippen LogP contribution is 2.38. The fraction of sp³-hybridized carbons (Fsp3) is 0.862. The minimum absolute atomic E-state index is 0.103. The smallest absolute Gasteiger partial charge is 0.344 e. The predicted molar refractivity (Wildman–Crippen MR) is 281 cm³/mol. The van der Waals surface area contributed by atoms with Crippen LogP contribution in [-0.2, 0) is 76.3 Å². The molecule has 0 amide bonds. The van der Waals surface area contributed by atoms with E-state index >= 15 is 0 Å². The zero-order chi connectivity index (χ0) is 56.2. The van der Waals surface area contributed by atoms with E-state index in [1.54, 1.807) is 6.92 Å². The van der Waals surface area contributed by atoms with Crippen LogP contribution in [0.25, 0.3) is 0 Å². The standard InChI is InChI=1S/2C15H26O4.2C14H24O4/c1-5-14(2,3)13(17)18-11-8-12(16)19-15(4)9-6-7-10-15;1-5-14(3,4)13(17)18-11-12(16)19-15(6-2)9-7-8-10-15;1-4-11(2)13(16)17-10-7-12(15)18-14(3)8-5-6-9-14;1-4-11(3)13(16)17-10-12(15)18-14(5-2)8-6-7-9-14/h2*5-11H2,1-4H3;2*11H,4-10H2,1-3H3. The summed E-state index contributed by atoms with van der Waals surface area (Å²) in [6.07, 6.45) is 21.1. The molecule has 0 aromatic heterocycles. The SMILES string of the molecule is CCC(C)(C)C(=O)OCCC(=O)OC1(C)CCCC1.CCC(C)C(=O)OCC(=O)OC1(CC)CCCC1.CCC(C)C(=O)OCCC(=O)OC1(C)CCCC1.CCC1(OC(=O)COC(=O)C(C)(C)CC)CCCC1. The van der Waals surface area contributed by atoms with Crippen LogP contribution in [0.2, 0.25) is 0 Å². The summed E-state index contributed by atoms with van der Waals surface area (Å²) in [5.74, 6) is -2.82. The summed E-state index contributed by atoms with van der Waals surface area (Å²) in [5, 5.41) is 0. The van der Waals surface area contributed by atoms with Crippen molar-refractivity contribution in [3.63, 3.8) is 0 Å². The van der Waals surface area contributed by atoms with E-state index in [4.69, 9.17) is 37.9 Å². The average Bonchev–Trinajstić information content (AvgIpc) is 4.22. The lowest BCUT2D eigenvalue weighted by atomic mass is 9.91. The molecule has 428 valence electrons. The molecule has 16 heteroatoms. The van der Waals surface area contributed by atoms with E-state index in [2.05, 4.69) is 0 Å². The number of carbonyl (C=O) groups excluding carboxylic acids is 8. The maximum atomic E-state index is 11.8. The van der Waals surface area contributed by atoms with E-state index in [0.717, 1.165) is 122 Å². The van der Waals surface area contributed by atoms with Crippen molar-refractivity contribution in [3.05, 3.63) is 0 Å². The Labute approximate surface area is 445 Å². The fourth-order valence-corrected chi connectivity index (χ4v) is 8.75. The number of hydrogen-bond donors (Lipinski definition) is 0. The zero-order valence-electron chi connectivity index (χ0n) is 48.5. The third-order valence-corrected chi connectivity index (χ3v) is 15.7. The van der Waals surface area contributed by atoms with Gasteiger partial charge in [0.05, 0.1) is 35.5 Å². The van der Waals surface area contributed by atoms with Crippen molar-refractivity contribution in [2.75, 3.05) is 26.4 Å². The van der Waals surface area contributed by atoms with Gasteiger partial charge in [0.15, 0.2) is 13.2 Å². The van der Waals surface area contributed by atoms with Gasteiger partial charge in [0.2, 0.25) is 0 Å². The molecule has 0 heterocycles. The first-order valence-corrected chi connectivity index (χ1v) is 28.2. The Kier molecular flexibility index (Phi) is 30.3. The summed E-state index contributed by atoms with van der Waals surface area (Å²) in [6, 6.07) is 0. The van der Waals surface area contributed by atoms with Crippen LogP contribution in [0.15, 0.2) is 0 Å². The molecular weight excluding hydrogens is 953 g/mol. The number of rotatable bonds is 24. The minimum Gasteiger partial charge on any atom is -0.465 e. The Hall–Kier alpha value is -4.24. The van der Waals surface area contributed by atoms with Crippen LogP contribution in [0.1, 0.15) is 251 Å². The molecule has 4 saturated carbocycles. The molecule has 0 spiro atoms. The van der Waals surface area contributed by atoms with Crippen molar-refractivity contribution < 1.29 is 76.3 Å². The van der Waals surface area contributed by atoms with Crippen molar-refractivity contribution in [2.24, 2.45) is 22.7 Å². The largest absolute Gasteiger partial charge is 0.465 e.